The molecule has 0 amide bonds. The van der Waals surface area contributed by atoms with E-state index in [0.29, 0.717) is 6.42 Å². The van der Waals surface area contributed by atoms with Crippen molar-refractivity contribution in [1.82, 2.24) is 4.90 Å². The second kappa shape index (κ2) is 22.4. The summed E-state index contributed by atoms with van der Waals surface area (Å²) in [6, 6.07) is -0.247. The summed E-state index contributed by atoms with van der Waals surface area (Å²) in [5.41, 5.74) is -1.19. The fourth-order valence-electron chi connectivity index (χ4n) is 8.93. The van der Waals surface area contributed by atoms with Gasteiger partial charge in [0.2, 0.25) is 0 Å². The van der Waals surface area contributed by atoms with Crippen LogP contribution < -0.4 is 0 Å². The van der Waals surface area contributed by atoms with Gasteiger partial charge in [0.05, 0.1) is 48.9 Å². The summed E-state index contributed by atoms with van der Waals surface area (Å²) in [4.78, 5) is 67.4. The topological polar surface area (TPSA) is 259 Å². The van der Waals surface area contributed by atoms with Crippen molar-refractivity contribution >= 4 is 40.1 Å². The number of Topliss-reactive ketones (excluding diaryl/α,β-unsaturated/α-hetero) is 1. The molecule has 18 atom stereocenters. The van der Waals surface area contributed by atoms with Crippen molar-refractivity contribution in [2.75, 3.05) is 27.8 Å². The lowest BCUT2D eigenvalue weighted by molar-refractivity contribution is -0.301. The summed E-state index contributed by atoms with van der Waals surface area (Å²) in [7, 11) is 0.647. The highest BCUT2D eigenvalue weighted by Crippen LogP contribution is 2.44. The van der Waals surface area contributed by atoms with Crippen LogP contribution in [0, 0.1) is 29.6 Å². The average molecular weight is 912 g/mol. The van der Waals surface area contributed by atoms with Gasteiger partial charge in [-0.15, -0.1) is 0 Å². The van der Waals surface area contributed by atoms with Crippen LogP contribution in [0.1, 0.15) is 95.4 Å². The zero-order valence-corrected chi connectivity index (χ0v) is 39.1. The first-order valence-electron chi connectivity index (χ1n) is 21.0. The van der Waals surface area contributed by atoms with Gasteiger partial charge < -0.3 is 52.3 Å². The largest absolute Gasteiger partial charge is 0.462 e. The maximum absolute atomic E-state index is 14.4. The highest BCUT2D eigenvalue weighted by Gasteiger charge is 2.58. The Bertz CT molecular complexity index is 1650. The zero-order chi connectivity index (χ0) is 47.2. The van der Waals surface area contributed by atoms with E-state index in [0.717, 1.165) is 0 Å². The predicted molar refractivity (Wildman–Crippen MR) is 216 cm³/mol. The summed E-state index contributed by atoms with van der Waals surface area (Å²) in [5.74, 6) is -5.69. The summed E-state index contributed by atoms with van der Waals surface area (Å²) in [5, 5.41) is 0. The molecule has 0 bridgehead atoms. The summed E-state index contributed by atoms with van der Waals surface area (Å²) in [6.07, 6.45) is -7.35. The number of cyclic esters (lactones) is 1. The zero-order valence-electron chi connectivity index (χ0n) is 38.3. The van der Waals surface area contributed by atoms with Crippen molar-refractivity contribution in [2.45, 2.75) is 175 Å². The van der Waals surface area contributed by atoms with Gasteiger partial charge in [-0.3, -0.25) is 33.1 Å². The molecule has 2 N–H and O–H groups in total. The first kappa shape index (κ1) is 53.5. The molecule has 0 unspecified atom stereocenters. The van der Waals surface area contributed by atoms with Crippen LogP contribution in [0.3, 0.4) is 0 Å². The fourth-order valence-corrected chi connectivity index (χ4v) is 8.93. The lowest BCUT2D eigenvalue weighted by Gasteiger charge is -2.46. The van der Waals surface area contributed by atoms with Crippen LogP contribution in [0.2, 0.25) is 0 Å². The Morgan fingerprint density at radius 1 is 0.726 bits per heavy atom. The van der Waals surface area contributed by atoms with Gasteiger partial charge in [0, 0.05) is 46.1 Å². The minimum Gasteiger partial charge on any atom is -0.462 e. The Kier molecular flexibility index (Phi) is 19.3. The molecule has 4 aliphatic rings. The minimum absolute atomic E-state index is 0.162. The summed E-state index contributed by atoms with van der Waals surface area (Å²) >= 11 is 0. The lowest BCUT2D eigenvalue weighted by atomic mass is 9.76. The Morgan fingerprint density at radius 3 is 1.76 bits per heavy atom. The monoisotopic (exact) mass is 911 g/mol. The first-order valence-corrected chi connectivity index (χ1v) is 22.4. The van der Waals surface area contributed by atoms with Crippen molar-refractivity contribution in [3.05, 3.63) is 0 Å². The summed E-state index contributed by atoms with van der Waals surface area (Å²) in [6.45, 7) is 18.5. The lowest BCUT2D eigenvalue weighted by Crippen LogP contribution is -2.58. The molecule has 358 valence electrons. The number of methoxy groups -OCH3 is 1. The molecule has 4 saturated heterocycles. The van der Waals surface area contributed by atoms with E-state index in [1.807, 2.05) is 39.8 Å². The van der Waals surface area contributed by atoms with E-state index in [1.165, 1.54) is 27.9 Å². The minimum atomic E-state index is -4.67. The van der Waals surface area contributed by atoms with E-state index < -0.39 is 131 Å². The van der Waals surface area contributed by atoms with Gasteiger partial charge in [0.1, 0.15) is 18.3 Å². The Balaban J connectivity index is 0.00000193. The van der Waals surface area contributed by atoms with Crippen LogP contribution in [0.25, 0.3) is 0 Å². The number of ketones is 1. The number of rotatable bonds is 9. The van der Waals surface area contributed by atoms with Crippen molar-refractivity contribution in [3.8, 4) is 0 Å². The fraction of sp³-hybridized carbons (Fsp3) is 0.878. The molecule has 4 heterocycles. The standard InChI is InChI=1S/C41H67NO15.H2O4S/c1-19-17-41(18-49-41)38(46)23(5)34(53-27(9)43)21(3)25(7)52-39(47)24(6)35(56-32-16-31(48-14)36(26(8)51-32)54-28(10)44)22(4)33(19)57-40-37(55-29(11)45)30(42(12)13)15-20(2)50-40;1-5(2,3)4/h19-26,30-37,40H,15-18H2,1-14H3;(H2,1,2,3,4)/t19-,20+,21-,22+,23+,24+,25+,26-,30-,31-,32-,33-,34-,35-,36-,37+,40-,41+;/m0./s1. The number of nitrogens with zero attached hydrogens (tertiary/aromatic N) is 1. The van der Waals surface area contributed by atoms with Crippen LogP contribution in [0.4, 0.5) is 0 Å². The average Bonchev–Trinajstić information content (AvgIpc) is 3.93. The number of hydrogen-bond acceptors (Lipinski definition) is 18. The molecule has 4 fully saturated rings. The van der Waals surface area contributed by atoms with Gasteiger partial charge in [0.15, 0.2) is 36.2 Å². The number of ether oxygens (including phenoxy) is 10. The number of esters is 4. The number of epoxide rings is 1. The first-order chi connectivity index (χ1) is 28.6. The molecule has 1 spiro atoms. The SMILES string of the molecule is CO[C@H]1C[C@H](O[C@H]2[C@H](C)[C@@H](O[C@@H]3O[C@H](C)C[C@H](N(C)C)[C@H]3OC(C)=O)[C@@H](C)C[C@@]3(CO3)C(=O)[C@H](C)[C@@H](OC(C)=O)[C@@H](C)[C@@H](C)OC(=O)[C@@H]2C)O[C@@H](C)[C@@H]1OC(C)=O.O=S(=O)(O)O. The molecule has 62 heavy (non-hydrogen) atoms. The third-order valence-electron chi connectivity index (χ3n) is 12.2. The van der Waals surface area contributed by atoms with Crippen LogP contribution in [-0.2, 0) is 81.7 Å². The molecule has 4 rings (SSSR count). The number of hydrogen-bond donors (Lipinski definition) is 2. The molecule has 0 aromatic rings. The molecule has 0 aromatic carbocycles. The maximum Gasteiger partial charge on any atom is 0.394 e. The van der Waals surface area contributed by atoms with Crippen molar-refractivity contribution in [1.29, 1.82) is 0 Å². The molecule has 20 nitrogen and oxygen atoms in total. The third kappa shape index (κ3) is 14.6. The molecular formula is C41H69NO19S. The second-order valence-corrected chi connectivity index (χ2v) is 18.4. The molecule has 0 radical (unpaired) electrons. The van der Waals surface area contributed by atoms with Gasteiger partial charge in [-0.1, -0.05) is 27.7 Å². The van der Waals surface area contributed by atoms with Gasteiger partial charge in [-0.25, -0.2) is 0 Å². The van der Waals surface area contributed by atoms with E-state index >= 15 is 0 Å². The molecule has 21 heteroatoms. The number of carbonyl (C=O) groups excluding carboxylic acids is 5. The number of likely N-dealkylation sites (N-methyl/N-ethyl adjacent to an activating group) is 1. The Hall–Kier alpha value is -2.86. The quantitative estimate of drug-likeness (QED) is 0.146. The van der Waals surface area contributed by atoms with Crippen LogP contribution in [0.5, 0.6) is 0 Å². The van der Waals surface area contributed by atoms with Crippen molar-refractivity contribution in [2.24, 2.45) is 29.6 Å². The smallest absolute Gasteiger partial charge is 0.394 e. The maximum atomic E-state index is 14.4. The highest BCUT2D eigenvalue weighted by atomic mass is 32.3. The third-order valence-corrected chi connectivity index (χ3v) is 12.2. The van der Waals surface area contributed by atoms with Gasteiger partial charge in [0.25, 0.3) is 0 Å². The normalized spacial score (nSPS) is 40.9. The van der Waals surface area contributed by atoms with E-state index in [-0.39, 0.29) is 37.4 Å². The summed E-state index contributed by atoms with van der Waals surface area (Å²) < 4.78 is 93.1. The van der Waals surface area contributed by atoms with Gasteiger partial charge >= 0.3 is 34.3 Å². The van der Waals surface area contributed by atoms with Crippen molar-refractivity contribution < 1.29 is 88.9 Å². The predicted octanol–water partition coefficient (Wildman–Crippen LogP) is 2.97. The van der Waals surface area contributed by atoms with E-state index in [2.05, 4.69) is 0 Å². The van der Waals surface area contributed by atoms with Crippen LogP contribution >= 0.6 is 0 Å². The highest BCUT2D eigenvalue weighted by molar-refractivity contribution is 7.79. The Labute approximate surface area is 365 Å². The van der Waals surface area contributed by atoms with E-state index in [9.17, 15) is 24.0 Å². The van der Waals surface area contributed by atoms with E-state index in [1.54, 1.807) is 34.6 Å². The van der Waals surface area contributed by atoms with Crippen LogP contribution in [0.15, 0.2) is 0 Å². The molecule has 0 saturated carbocycles. The van der Waals surface area contributed by atoms with Gasteiger partial charge in [-0.2, -0.15) is 8.42 Å². The second-order valence-electron chi connectivity index (χ2n) is 17.5. The molecule has 4 aliphatic heterocycles. The van der Waals surface area contributed by atoms with Gasteiger partial charge in [-0.05, 0) is 60.5 Å². The van der Waals surface area contributed by atoms with Crippen LogP contribution in [-0.4, -0.2) is 159 Å². The Morgan fingerprint density at radius 2 is 1.26 bits per heavy atom. The van der Waals surface area contributed by atoms with E-state index in [4.69, 9.17) is 64.9 Å². The van der Waals surface area contributed by atoms with Crippen molar-refractivity contribution in [3.63, 3.8) is 0 Å². The number of carbonyl (C=O) groups is 5. The molecular weight excluding hydrogens is 843 g/mol. The molecule has 0 aromatic heterocycles. The molecule has 0 aliphatic carbocycles.